The molecule has 1 aromatic rings. The summed E-state index contributed by atoms with van der Waals surface area (Å²) >= 11 is 0. The van der Waals surface area contributed by atoms with E-state index in [2.05, 4.69) is 15.0 Å². The quantitative estimate of drug-likeness (QED) is 0.856. The monoisotopic (exact) mass is 257 g/mol. The van der Waals surface area contributed by atoms with Crippen molar-refractivity contribution in [3.05, 3.63) is 18.5 Å². The molecule has 0 saturated heterocycles. The van der Waals surface area contributed by atoms with Crippen LogP contribution < -0.4 is 10.0 Å². The molecule has 0 bridgehead atoms. The van der Waals surface area contributed by atoms with Crippen molar-refractivity contribution in [3.63, 3.8) is 0 Å². The van der Waals surface area contributed by atoms with E-state index in [1.807, 2.05) is 20.8 Å². The van der Waals surface area contributed by atoms with Gasteiger partial charge in [0.1, 0.15) is 4.90 Å². The van der Waals surface area contributed by atoms with Gasteiger partial charge < -0.3 is 5.32 Å². The van der Waals surface area contributed by atoms with E-state index in [1.165, 1.54) is 6.20 Å². The average Bonchev–Trinajstić information content (AvgIpc) is 2.26. The van der Waals surface area contributed by atoms with Crippen molar-refractivity contribution in [2.75, 3.05) is 18.9 Å². The van der Waals surface area contributed by atoms with Crippen LogP contribution in [0.2, 0.25) is 0 Å². The Morgan fingerprint density at radius 3 is 2.53 bits per heavy atom. The van der Waals surface area contributed by atoms with Crippen LogP contribution in [0.15, 0.2) is 23.4 Å². The van der Waals surface area contributed by atoms with Gasteiger partial charge in [0.05, 0.1) is 5.69 Å². The first-order chi connectivity index (χ1) is 7.76. The van der Waals surface area contributed by atoms with Gasteiger partial charge in [-0.2, -0.15) is 0 Å². The van der Waals surface area contributed by atoms with Gasteiger partial charge in [0.25, 0.3) is 0 Å². The van der Waals surface area contributed by atoms with Crippen LogP contribution in [0.4, 0.5) is 5.69 Å². The predicted octanol–water partition coefficient (Wildman–Crippen LogP) is 1.45. The lowest BCUT2D eigenvalue weighted by atomic mass is 9.98. The Balaban J connectivity index is 2.98. The van der Waals surface area contributed by atoms with Gasteiger partial charge in [-0.05, 0) is 11.5 Å². The predicted molar refractivity (Wildman–Crippen MR) is 68.4 cm³/mol. The van der Waals surface area contributed by atoms with E-state index >= 15 is 0 Å². The summed E-state index contributed by atoms with van der Waals surface area (Å²) in [4.78, 5) is 4.02. The normalized spacial score (nSPS) is 12.5. The molecule has 0 amide bonds. The van der Waals surface area contributed by atoms with Gasteiger partial charge in [0, 0.05) is 26.0 Å². The highest BCUT2D eigenvalue weighted by Crippen LogP contribution is 2.20. The minimum absolute atomic E-state index is 0.102. The van der Waals surface area contributed by atoms with Crippen LogP contribution in [-0.4, -0.2) is 27.0 Å². The highest BCUT2D eigenvalue weighted by molar-refractivity contribution is 7.89. The first-order valence-electron chi connectivity index (χ1n) is 5.38. The minimum atomic E-state index is -3.51. The fourth-order valence-electron chi connectivity index (χ4n) is 1.19. The Hall–Kier alpha value is -1.14. The molecule has 17 heavy (non-hydrogen) atoms. The SMILES string of the molecule is CNc1ccncc1S(=O)(=O)NCC(C)(C)C. The number of nitrogens with zero attached hydrogens (tertiary/aromatic N) is 1. The van der Waals surface area contributed by atoms with Gasteiger partial charge in [-0.3, -0.25) is 4.98 Å². The van der Waals surface area contributed by atoms with Gasteiger partial charge in [-0.1, -0.05) is 20.8 Å². The third-order valence-corrected chi connectivity index (χ3v) is 3.56. The third kappa shape index (κ3) is 3.98. The fraction of sp³-hybridized carbons (Fsp3) is 0.545. The topological polar surface area (TPSA) is 71.1 Å². The van der Waals surface area contributed by atoms with Gasteiger partial charge in [0.2, 0.25) is 10.0 Å². The summed E-state index contributed by atoms with van der Waals surface area (Å²) < 4.78 is 26.7. The molecule has 0 fully saturated rings. The lowest BCUT2D eigenvalue weighted by molar-refractivity contribution is 0.407. The molecule has 96 valence electrons. The molecule has 0 aliphatic rings. The van der Waals surface area contributed by atoms with Crippen LogP contribution in [-0.2, 0) is 10.0 Å². The Morgan fingerprint density at radius 2 is 2.00 bits per heavy atom. The zero-order valence-corrected chi connectivity index (χ0v) is 11.4. The largest absolute Gasteiger partial charge is 0.387 e. The van der Waals surface area contributed by atoms with E-state index in [1.54, 1.807) is 19.3 Å². The molecule has 0 atom stereocenters. The molecule has 0 aliphatic heterocycles. The number of pyridine rings is 1. The third-order valence-electron chi connectivity index (χ3n) is 2.14. The van der Waals surface area contributed by atoms with E-state index in [0.717, 1.165) is 0 Å². The smallest absolute Gasteiger partial charge is 0.244 e. The molecule has 0 aliphatic carbocycles. The van der Waals surface area contributed by atoms with Gasteiger partial charge >= 0.3 is 0 Å². The van der Waals surface area contributed by atoms with Crippen LogP contribution in [0.5, 0.6) is 0 Å². The molecular weight excluding hydrogens is 238 g/mol. The second-order valence-electron chi connectivity index (χ2n) is 5.01. The molecule has 0 radical (unpaired) electrons. The first-order valence-corrected chi connectivity index (χ1v) is 6.86. The molecule has 1 aromatic heterocycles. The van der Waals surface area contributed by atoms with Crippen LogP contribution >= 0.6 is 0 Å². The Labute approximate surface area is 103 Å². The fourth-order valence-corrected chi connectivity index (χ4v) is 2.63. The second-order valence-corrected chi connectivity index (χ2v) is 6.74. The molecule has 1 heterocycles. The molecule has 0 unspecified atom stereocenters. The van der Waals surface area contributed by atoms with Crippen LogP contribution in [0.25, 0.3) is 0 Å². The molecule has 0 aromatic carbocycles. The summed E-state index contributed by atoms with van der Waals surface area (Å²) in [5, 5.41) is 2.84. The highest BCUT2D eigenvalue weighted by atomic mass is 32.2. The average molecular weight is 257 g/mol. The van der Waals surface area contributed by atoms with E-state index in [4.69, 9.17) is 0 Å². The van der Waals surface area contributed by atoms with Gasteiger partial charge in [-0.15, -0.1) is 0 Å². The summed E-state index contributed by atoms with van der Waals surface area (Å²) in [5.74, 6) is 0. The van der Waals surface area contributed by atoms with E-state index in [-0.39, 0.29) is 10.3 Å². The number of anilines is 1. The standard InChI is InChI=1S/C11H19N3O2S/c1-11(2,3)8-14-17(15,16)10-7-13-6-5-9(10)12-4/h5-7,14H,8H2,1-4H3,(H,12,13). The van der Waals surface area contributed by atoms with Crippen LogP contribution in [0.1, 0.15) is 20.8 Å². The first kappa shape index (κ1) is 13.9. The van der Waals surface area contributed by atoms with Gasteiger partial charge in [0.15, 0.2) is 0 Å². The molecule has 0 spiro atoms. The van der Waals surface area contributed by atoms with Crippen molar-refractivity contribution in [1.29, 1.82) is 0 Å². The summed E-state index contributed by atoms with van der Waals surface area (Å²) in [6.07, 6.45) is 2.89. The number of rotatable bonds is 4. The number of hydrogen-bond donors (Lipinski definition) is 2. The zero-order valence-electron chi connectivity index (χ0n) is 10.6. The Morgan fingerprint density at radius 1 is 1.35 bits per heavy atom. The maximum atomic E-state index is 12.1. The molecule has 0 saturated carbocycles. The number of nitrogens with one attached hydrogen (secondary N) is 2. The number of sulfonamides is 1. The molecule has 1 rings (SSSR count). The maximum absolute atomic E-state index is 12.1. The van der Waals surface area contributed by atoms with Crippen molar-refractivity contribution in [2.24, 2.45) is 5.41 Å². The van der Waals surface area contributed by atoms with E-state index in [9.17, 15) is 8.42 Å². The van der Waals surface area contributed by atoms with Crippen molar-refractivity contribution in [3.8, 4) is 0 Å². The maximum Gasteiger partial charge on any atom is 0.244 e. The second kappa shape index (κ2) is 5.01. The number of hydrogen-bond acceptors (Lipinski definition) is 4. The summed E-state index contributed by atoms with van der Waals surface area (Å²) in [6.45, 7) is 6.29. The number of aromatic nitrogens is 1. The molecule has 6 heteroatoms. The lowest BCUT2D eigenvalue weighted by Gasteiger charge is -2.19. The van der Waals surface area contributed by atoms with Crippen LogP contribution in [0.3, 0.4) is 0 Å². The zero-order chi connectivity index (χ0) is 13.1. The Bertz CT molecular complexity index is 478. The Kier molecular flexibility index (Phi) is 4.11. The lowest BCUT2D eigenvalue weighted by Crippen LogP contribution is -2.32. The summed E-state index contributed by atoms with van der Waals surface area (Å²) in [6, 6.07) is 1.63. The summed E-state index contributed by atoms with van der Waals surface area (Å²) in [5.41, 5.74) is 0.441. The van der Waals surface area contributed by atoms with Crippen molar-refractivity contribution < 1.29 is 8.42 Å². The van der Waals surface area contributed by atoms with E-state index in [0.29, 0.717) is 12.2 Å². The van der Waals surface area contributed by atoms with Crippen molar-refractivity contribution in [2.45, 2.75) is 25.7 Å². The van der Waals surface area contributed by atoms with Crippen LogP contribution in [0, 0.1) is 5.41 Å². The van der Waals surface area contributed by atoms with Crippen molar-refractivity contribution in [1.82, 2.24) is 9.71 Å². The molecular formula is C11H19N3O2S. The van der Waals surface area contributed by atoms with Gasteiger partial charge in [-0.25, -0.2) is 13.1 Å². The summed E-state index contributed by atoms with van der Waals surface area (Å²) in [7, 11) is -1.83. The molecule has 2 N–H and O–H groups in total. The van der Waals surface area contributed by atoms with E-state index < -0.39 is 10.0 Å². The molecule has 5 nitrogen and oxygen atoms in total. The van der Waals surface area contributed by atoms with Crippen molar-refractivity contribution >= 4 is 15.7 Å². The highest BCUT2D eigenvalue weighted by Gasteiger charge is 2.21. The minimum Gasteiger partial charge on any atom is -0.387 e.